The van der Waals surface area contributed by atoms with Crippen molar-refractivity contribution < 1.29 is 9.53 Å². The van der Waals surface area contributed by atoms with Gasteiger partial charge in [-0.3, -0.25) is 9.48 Å². The Morgan fingerprint density at radius 3 is 2.85 bits per heavy atom. The molecule has 27 heavy (non-hydrogen) atoms. The zero-order valence-corrected chi connectivity index (χ0v) is 17.1. The van der Waals surface area contributed by atoms with Gasteiger partial charge in [-0.05, 0) is 23.6 Å². The Hall–Kier alpha value is -2.18. The molecule has 0 spiro atoms. The summed E-state index contributed by atoms with van der Waals surface area (Å²) < 4.78 is 7.75. The van der Waals surface area contributed by atoms with E-state index in [2.05, 4.69) is 42.0 Å². The molecule has 0 radical (unpaired) electrons. The van der Waals surface area contributed by atoms with Crippen molar-refractivity contribution in [3.8, 4) is 5.75 Å². The number of hydrogen-bond acceptors (Lipinski definition) is 5. The Balaban J connectivity index is 1.76. The van der Waals surface area contributed by atoms with Crippen LogP contribution in [-0.2, 0) is 23.3 Å². The lowest BCUT2D eigenvalue weighted by Crippen LogP contribution is -1.97. The second-order valence-electron chi connectivity index (χ2n) is 6.06. The molecular weight excluding hydrogens is 376 g/mol. The molecule has 0 aliphatic rings. The van der Waals surface area contributed by atoms with Gasteiger partial charge < -0.3 is 4.74 Å². The molecule has 0 unspecified atom stereocenters. The Bertz CT molecular complexity index is 966. The fourth-order valence-electron chi connectivity index (χ4n) is 2.71. The third kappa shape index (κ3) is 5.17. The Morgan fingerprint density at radius 1 is 1.26 bits per heavy atom. The van der Waals surface area contributed by atoms with Crippen molar-refractivity contribution in [2.75, 3.05) is 6.61 Å². The third-order valence-corrected chi connectivity index (χ3v) is 5.85. The lowest BCUT2D eigenvalue weighted by molar-refractivity contribution is -0.109. The maximum absolute atomic E-state index is 11.1. The Labute approximate surface area is 168 Å². The molecule has 0 bridgehead atoms. The molecule has 6 heteroatoms. The quantitative estimate of drug-likeness (QED) is 0.385. The van der Waals surface area contributed by atoms with Crippen LogP contribution >= 0.6 is 23.5 Å². The van der Waals surface area contributed by atoms with E-state index in [0.29, 0.717) is 12.4 Å². The second kappa shape index (κ2) is 9.15. The molecule has 0 aliphatic carbocycles. The summed E-state index contributed by atoms with van der Waals surface area (Å²) in [6.45, 7) is 5.79. The van der Waals surface area contributed by atoms with Gasteiger partial charge in [-0.15, -0.1) is 11.8 Å². The topological polar surface area (TPSA) is 44.1 Å². The largest absolute Gasteiger partial charge is 0.489 e. The van der Waals surface area contributed by atoms with Crippen molar-refractivity contribution in [3.63, 3.8) is 0 Å². The van der Waals surface area contributed by atoms with Gasteiger partial charge in [-0.1, -0.05) is 48.7 Å². The number of benzene rings is 2. The number of rotatable bonds is 8. The van der Waals surface area contributed by atoms with E-state index in [1.54, 1.807) is 24.8 Å². The monoisotopic (exact) mass is 398 g/mol. The number of ether oxygens (including phenoxy) is 1. The second-order valence-corrected chi connectivity index (χ2v) is 8.26. The minimum Gasteiger partial charge on any atom is -0.489 e. The van der Waals surface area contributed by atoms with Gasteiger partial charge in [-0.2, -0.15) is 5.10 Å². The molecule has 0 saturated carbocycles. The molecule has 0 saturated heterocycles. The number of hydrogen-bond donors (Lipinski definition) is 0. The predicted octanol–water partition coefficient (Wildman–Crippen LogP) is 5.21. The minimum atomic E-state index is 0.111. The smallest absolute Gasteiger partial charge is 0.186 e. The van der Waals surface area contributed by atoms with Crippen molar-refractivity contribution in [2.24, 2.45) is 7.05 Å². The average Bonchev–Trinajstić information content (AvgIpc) is 3.02. The molecule has 1 heterocycles. The minimum absolute atomic E-state index is 0.111. The molecule has 4 nitrogen and oxygen atoms in total. The van der Waals surface area contributed by atoms with Crippen LogP contribution in [-0.4, -0.2) is 21.5 Å². The molecule has 1 aromatic heterocycles. The van der Waals surface area contributed by atoms with E-state index < -0.39 is 0 Å². The fraction of sp³-hybridized carbons (Fsp3) is 0.238. The van der Waals surface area contributed by atoms with Crippen LogP contribution in [0.3, 0.4) is 0 Å². The van der Waals surface area contributed by atoms with Gasteiger partial charge in [0.2, 0.25) is 0 Å². The van der Waals surface area contributed by atoms with E-state index in [-0.39, 0.29) is 5.12 Å². The van der Waals surface area contributed by atoms with Crippen molar-refractivity contribution in [3.05, 3.63) is 66.5 Å². The lowest BCUT2D eigenvalue weighted by Gasteiger charge is -2.11. The van der Waals surface area contributed by atoms with E-state index in [1.807, 2.05) is 23.9 Å². The number of thioether (sulfide) groups is 2. The summed E-state index contributed by atoms with van der Waals surface area (Å²) >= 11 is 3.03. The summed E-state index contributed by atoms with van der Waals surface area (Å²) in [5, 5.41) is 6.87. The van der Waals surface area contributed by atoms with Crippen LogP contribution in [0.15, 0.2) is 60.0 Å². The van der Waals surface area contributed by atoms with Gasteiger partial charge in [0.05, 0.1) is 5.69 Å². The van der Waals surface area contributed by atoms with Crippen molar-refractivity contribution in [1.29, 1.82) is 0 Å². The van der Waals surface area contributed by atoms with Crippen LogP contribution in [0.4, 0.5) is 0 Å². The SMILES string of the molecule is C=CCOc1cc(SCc2cc(CSC(C)=O)nn2C)cc2ccccc12. The first kappa shape index (κ1) is 19.6. The zero-order valence-electron chi connectivity index (χ0n) is 15.5. The number of aryl methyl sites for hydroxylation is 1. The maximum atomic E-state index is 11.1. The van der Waals surface area contributed by atoms with E-state index in [4.69, 9.17) is 4.74 Å². The normalized spacial score (nSPS) is 10.9. The lowest BCUT2D eigenvalue weighted by atomic mass is 10.1. The summed E-state index contributed by atoms with van der Waals surface area (Å²) in [5.74, 6) is 2.29. The summed E-state index contributed by atoms with van der Waals surface area (Å²) in [4.78, 5) is 12.3. The molecule has 0 aliphatic heterocycles. The summed E-state index contributed by atoms with van der Waals surface area (Å²) in [5.41, 5.74) is 2.06. The van der Waals surface area contributed by atoms with Crippen LogP contribution in [0.5, 0.6) is 5.75 Å². The molecular formula is C21H22N2O2S2. The van der Waals surface area contributed by atoms with E-state index >= 15 is 0 Å². The maximum Gasteiger partial charge on any atom is 0.186 e. The summed E-state index contributed by atoms with van der Waals surface area (Å²) in [6, 6.07) is 14.6. The molecule has 0 amide bonds. The highest BCUT2D eigenvalue weighted by molar-refractivity contribution is 8.12. The highest BCUT2D eigenvalue weighted by atomic mass is 32.2. The van der Waals surface area contributed by atoms with Crippen molar-refractivity contribution in [1.82, 2.24) is 9.78 Å². The van der Waals surface area contributed by atoms with Crippen molar-refractivity contribution >= 4 is 39.4 Å². The Morgan fingerprint density at radius 2 is 2.07 bits per heavy atom. The average molecular weight is 399 g/mol. The number of aromatic nitrogens is 2. The number of carbonyl (C=O) groups excluding carboxylic acids is 1. The molecule has 0 atom stereocenters. The van der Waals surface area contributed by atoms with Gasteiger partial charge in [0.15, 0.2) is 5.12 Å². The van der Waals surface area contributed by atoms with Gasteiger partial charge in [0, 0.05) is 41.5 Å². The first-order valence-corrected chi connectivity index (χ1v) is 10.6. The fourth-order valence-corrected chi connectivity index (χ4v) is 4.19. The Kier molecular flexibility index (Phi) is 6.63. The summed E-state index contributed by atoms with van der Waals surface area (Å²) in [7, 11) is 1.94. The molecule has 2 aromatic carbocycles. The van der Waals surface area contributed by atoms with Crippen LogP contribution in [0.25, 0.3) is 10.8 Å². The van der Waals surface area contributed by atoms with Gasteiger partial charge in [-0.25, -0.2) is 0 Å². The molecule has 0 N–H and O–H groups in total. The van der Waals surface area contributed by atoms with Crippen LogP contribution in [0.1, 0.15) is 18.3 Å². The molecule has 3 rings (SSSR count). The summed E-state index contributed by atoms with van der Waals surface area (Å²) in [6.07, 6.45) is 1.75. The number of nitrogens with zero attached hydrogens (tertiary/aromatic N) is 2. The molecule has 3 aromatic rings. The number of fused-ring (bicyclic) bond motifs is 1. The first-order chi connectivity index (χ1) is 13.1. The van der Waals surface area contributed by atoms with Crippen LogP contribution in [0.2, 0.25) is 0 Å². The van der Waals surface area contributed by atoms with E-state index in [0.717, 1.165) is 38.6 Å². The first-order valence-electron chi connectivity index (χ1n) is 8.61. The van der Waals surface area contributed by atoms with Gasteiger partial charge >= 0.3 is 0 Å². The standard InChI is InChI=1S/C21H22N2O2S2/c1-4-9-25-21-12-19(10-16-7-5-6-8-20(16)21)27-14-18-11-17(22-23(18)3)13-26-15(2)24/h4-8,10-12H,1,9,13-14H2,2-3H3. The van der Waals surface area contributed by atoms with Gasteiger partial charge in [0.1, 0.15) is 12.4 Å². The third-order valence-electron chi connectivity index (χ3n) is 3.99. The van der Waals surface area contributed by atoms with Gasteiger partial charge in [0.25, 0.3) is 0 Å². The molecule has 0 fully saturated rings. The highest BCUT2D eigenvalue weighted by Crippen LogP contribution is 2.33. The van der Waals surface area contributed by atoms with Crippen LogP contribution in [0, 0.1) is 0 Å². The zero-order chi connectivity index (χ0) is 19.2. The highest BCUT2D eigenvalue weighted by Gasteiger charge is 2.09. The van der Waals surface area contributed by atoms with E-state index in [1.165, 1.54) is 11.8 Å². The predicted molar refractivity (Wildman–Crippen MR) is 114 cm³/mol. The number of carbonyl (C=O) groups is 1. The van der Waals surface area contributed by atoms with Crippen LogP contribution < -0.4 is 4.74 Å². The molecule has 140 valence electrons. The van der Waals surface area contributed by atoms with E-state index in [9.17, 15) is 4.79 Å². The van der Waals surface area contributed by atoms with Crippen molar-refractivity contribution in [2.45, 2.75) is 23.3 Å².